The summed E-state index contributed by atoms with van der Waals surface area (Å²) in [6, 6.07) is 3.75. The van der Waals surface area contributed by atoms with Crippen molar-refractivity contribution in [3.63, 3.8) is 0 Å². The van der Waals surface area contributed by atoms with Crippen LogP contribution in [0.1, 0.15) is 11.1 Å². The quantitative estimate of drug-likeness (QED) is 0.682. The summed E-state index contributed by atoms with van der Waals surface area (Å²) in [6.07, 6.45) is 1.78. The van der Waals surface area contributed by atoms with E-state index in [1.165, 1.54) is 0 Å². The maximum absolute atomic E-state index is 5.91. The third-order valence-corrected chi connectivity index (χ3v) is 2.06. The first-order valence-corrected chi connectivity index (χ1v) is 4.03. The van der Waals surface area contributed by atoms with Gasteiger partial charge in [0, 0.05) is 0 Å². The van der Waals surface area contributed by atoms with Crippen molar-refractivity contribution in [1.82, 2.24) is 0 Å². The Kier molecular flexibility index (Phi) is 2.77. The van der Waals surface area contributed by atoms with Crippen molar-refractivity contribution in [3.05, 3.63) is 34.9 Å². The van der Waals surface area contributed by atoms with Crippen LogP contribution >= 0.6 is 11.6 Å². The summed E-state index contributed by atoms with van der Waals surface area (Å²) in [5.74, 6) is 0.708. The SMILES string of the molecule is C=Cc1cc(Cl)c(OC)cc1C. The van der Waals surface area contributed by atoms with E-state index in [-0.39, 0.29) is 0 Å². The highest BCUT2D eigenvalue weighted by atomic mass is 35.5. The second kappa shape index (κ2) is 3.63. The van der Waals surface area contributed by atoms with Gasteiger partial charge in [-0.25, -0.2) is 0 Å². The van der Waals surface area contributed by atoms with E-state index in [2.05, 4.69) is 6.58 Å². The zero-order chi connectivity index (χ0) is 9.14. The Morgan fingerprint density at radius 2 is 2.17 bits per heavy atom. The number of aryl methyl sites for hydroxylation is 1. The fraction of sp³-hybridized carbons (Fsp3) is 0.200. The van der Waals surface area contributed by atoms with Crippen LogP contribution < -0.4 is 4.74 Å². The highest BCUT2D eigenvalue weighted by Gasteiger charge is 2.02. The number of halogens is 1. The van der Waals surface area contributed by atoms with Crippen molar-refractivity contribution >= 4 is 17.7 Å². The molecule has 0 aliphatic heterocycles. The number of methoxy groups -OCH3 is 1. The predicted molar refractivity (Wildman–Crippen MR) is 52.8 cm³/mol. The zero-order valence-corrected chi connectivity index (χ0v) is 7.98. The summed E-state index contributed by atoms with van der Waals surface area (Å²) in [7, 11) is 1.61. The molecule has 0 aromatic heterocycles. The van der Waals surface area contributed by atoms with Crippen molar-refractivity contribution in [1.29, 1.82) is 0 Å². The average molecular weight is 183 g/mol. The molecule has 0 unspecified atom stereocenters. The van der Waals surface area contributed by atoms with Gasteiger partial charge in [0.2, 0.25) is 0 Å². The van der Waals surface area contributed by atoms with Crippen molar-refractivity contribution < 1.29 is 4.74 Å². The summed E-state index contributed by atoms with van der Waals surface area (Å²) in [5, 5.41) is 0.623. The fourth-order valence-electron chi connectivity index (χ4n) is 1.05. The summed E-state index contributed by atoms with van der Waals surface area (Å²) in [5.41, 5.74) is 2.16. The van der Waals surface area contributed by atoms with Crippen LogP contribution in [0.4, 0.5) is 0 Å². The fourth-order valence-corrected chi connectivity index (χ4v) is 1.30. The Balaban J connectivity index is 3.25. The van der Waals surface area contributed by atoms with E-state index in [9.17, 15) is 0 Å². The second-order valence-electron chi connectivity index (χ2n) is 2.55. The minimum absolute atomic E-state index is 0.623. The van der Waals surface area contributed by atoms with E-state index in [0.717, 1.165) is 11.1 Å². The molecule has 0 fully saturated rings. The van der Waals surface area contributed by atoms with Crippen LogP contribution in [0.3, 0.4) is 0 Å². The van der Waals surface area contributed by atoms with Crippen LogP contribution in [0.25, 0.3) is 6.08 Å². The molecule has 0 atom stereocenters. The third-order valence-electron chi connectivity index (χ3n) is 1.76. The Morgan fingerprint density at radius 3 is 2.67 bits per heavy atom. The number of ether oxygens (including phenoxy) is 1. The van der Waals surface area contributed by atoms with Crippen molar-refractivity contribution in [2.45, 2.75) is 6.92 Å². The molecular formula is C10H11ClO. The Labute approximate surface area is 77.6 Å². The van der Waals surface area contributed by atoms with E-state index in [1.54, 1.807) is 13.2 Å². The maximum Gasteiger partial charge on any atom is 0.137 e. The molecule has 0 spiro atoms. The average Bonchev–Trinajstić information content (AvgIpc) is 2.08. The normalized spacial score (nSPS) is 9.58. The Bertz CT molecular complexity index is 305. The first-order chi connectivity index (χ1) is 5.69. The van der Waals surface area contributed by atoms with E-state index in [4.69, 9.17) is 16.3 Å². The molecule has 0 heterocycles. The molecule has 0 amide bonds. The largest absolute Gasteiger partial charge is 0.495 e. The van der Waals surface area contributed by atoms with Gasteiger partial charge in [0.1, 0.15) is 5.75 Å². The van der Waals surface area contributed by atoms with E-state index >= 15 is 0 Å². The highest BCUT2D eigenvalue weighted by molar-refractivity contribution is 6.32. The molecule has 64 valence electrons. The summed E-state index contributed by atoms with van der Waals surface area (Å²) < 4.78 is 5.06. The number of hydrogen-bond acceptors (Lipinski definition) is 1. The third kappa shape index (κ3) is 1.62. The minimum Gasteiger partial charge on any atom is -0.495 e. The molecule has 1 aromatic rings. The van der Waals surface area contributed by atoms with Crippen LogP contribution in [0.5, 0.6) is 5.75 Å². The first-order valence-electron chi connectivity index (χ1n) is 3.65. The standard InChI is InChI=1S/C10H11ClO/c1-4-8-6-9(11)10(12-3)5-7(8)2/h4-6H,1H2,2-3H3. The van der Waals surface area contributed by atoms with Gasteiger partial charge in [0.05, 0.1) is 12.1 Å². The summed E-state index contributed by atoms with van der Waals surface area (Å²) in [4.78, 5) is 0. The molecule has 0 saturated heterocycles. The van der Waals surface area contributed by atoms with Gasteiger partial charge in [-0.3, -0.25) is 0 Å². The van der Waals surface area contributed by atoms with Crippen LogP contribution in [0, 0.1) is 6.92 Å². The van der Waals surface area contributed by atoms with Crippen LogP contribution in [-0.2, 0) is 0 Å². The molecule has 1 rings (SSSR count). The van der Waals surface area contributed by atoms with Crippen molar-refractivity contribution in [2.24, 2.45) is 0 Å². The molecule has 0 bridgehead atoms. The number of benzene rings is 1. The Morgan fingerprint density at radius 1 is 1.50 bits per heavy atom. The van der Waals surface area contributed by atoms with Gasteiger partial charge in [-0.05, 0) is 30.2 Å². The molecule has 0 aliphatic carbocycles. The van der Waals surface area contributed by atoms with Crippen molar-refractivity contribution in [3.8, 4) is 5.75 Å². The van der Waals surface area contributed by atoms with Crippen LogP contribution in [0.2, 0.25) is 5.02 Å². The highest BCUT2D eigenvalue weighted by Crippen LogP contribution is 2.27. The van der Waals surface area contributed by atoms with Gasteiger partial charge in [-0.2, -0.15) is 0 Å². The summed E-state index contributed by atoms with van der Waals surface area (Å²) in [6.45, 7) is 5.68. The number of hydrogen-bond donors (Lipinski definition) is 0. The maximum atomic E-state index is 5.91. The first kappa shape index (κ1) is 9.14. The second-order valence-corrected chi connectivity index (χ2v) is 2.95. The van der Waals surface area contributed by atoms with Crippen molar-refractivity contribution in [2.75, 3.05) is 7.11 Å². The topological polar surface area (TPSA) is 9.23 Å². The lowest BCUT2D eigenvalue weighted by atomic mass is 10.1. The predicted octanol–water partition coefficient (Wildman–Crippen LogP) is 3.30. The lowest BCUT2D eigenvalue weighted by Gasteiger charge is -2.06. The molecule has 1 nitrogen and oxygen atoms in total. The van der Waals surface area contributed by atoms with Gasteiger partial charge in [0.15, 0.2) is 0 Å². The molecule has 2 heteroatoms. The number of rotatable bonds is 2. The molecular weight excluding hydrogens is 172 g/mol. The van der Waals surface area contributed by atoms with Crippen LogP contribution in [-0.4, -0.2) is 7.11 Å². The zero-order valence-electron chi connectivity index (χ0n) is 7.23. The lowest BCUT2D eigenvalue weighted by Crippen LogP contribution is -1.87. The smallest absolute Gasteiger partial charge is 0.137 e. The van der Waals surface area contributed by atoms with Gasteiger partial charge in [-0.15, -0.1) is 0 Å². The molecule has 0 radical (unpaired) electrons. The van der Waals surface area contributed by atoms with E-state index in [0.29, 0.717) is 10.8 Å². The van der Waals surface area contributed by atoms with Crippen LogP contribution in [0.15, 0.2) is 18.7 Å². The molecule has 0 saturated carbocycles. The van der Waals surface area contributed by atoms with E-state index < -0.39 is 0 Å². The molecule has 1 aromatic carbocycles. The summed E-state index contributed by atoms with van der Waals surface area (Å²) >= 11 is 5.91. The molecule has 0 N–H and O–H groups in total. The minimum atomic E-state index is 0.623. The van der Waals surface area contributed by atoms with E-state index in [1.807, 2.05) is 19.1 Å². The molecule has 0 aliphatic rings. The van der Waals surface area contributed by atoms with Gasteiger partial charge in [0.25, 0.3) is 0 Å². The molecule has 12 heavy (non-hydrogen) atoms. The monoisotopic (exact) mass is 182 g/mol. The lowest BCUT2D eigenvalue weighted by molar-refractivity contribution is 0.414. The van der Waals surface area contributed by atoms with Gasteiger partial charge in [-0.1, -0.05) is 24.3 Å². The van der Waals surface area contributed by atoms with Gasteiger partial charge < -0.3 is 4.74 Å². The van der Waals surface area contributed by atoms with Gasteiger partial charge >= 0.3 is 0 Å². The Hall–Kier alpha value is -0.950.